The van der Waals surface area contributed by atoms with Crippen molar-refractivity contribution in [2.24, 2.45) is 0 Å². The van der Waals surface area contributed by atoms with Gasteiger partial charge >= 0.3 is 0 Å². The lowest BCUT2D eigenvalue weighted by Crippen LogP contribution is -2.21. The molecule has 1 fully saturated rings. The Hall–Kier alpha value is -1.09. The Kier molecular flexibility index (Phi) is 2.19. The molecule has 0 aromatic heterocycles. The zero-order valence-corrected chi connectivity index (χ0v) is 8.32. The molecule has 1 aliphatic heterocycles. The van der Waals surface area contributed by atoms with Crippen LogP contribution in [0.1, 0.15) is 17.2 Å². The normalized spacial score (nSPS) is 21.0. The highest BCUT2D eigenvalue weighted by atomic mass is 32.1. The monoisotopic (exact) mass is 192 g/mol. The molecule has 2 N–H and O–H groups in total. The topological polar surface area (TPSA) is 24.1 Å². The maximum atomic E-state index is 5.02. The van der Waals surface area contributed by atoms with Gasteiger partial charge in [-0.25, -0.2) is 0 Å². The van der Waals surface area contributed by atoms with Crippen molar-refractivity contribution in [1.82, 2.24) is 10.6 Å². The molecule has 1 atom stereocenters. The third kappa shape index (κ3) is 1.65. The standard InChI is InChI=1S/C10H12N2S/c1-7-4-2-3-5-8(7)9-6-11-10(13)12-9/h2-5,9H,6H2,1H3,(H2,11,12,13). The molecule has 3 heteroatoms. The lowest BCUT2D eigenvalue weighted by atomic mass is 10.0. The van der Waals surface area contributed by atoms with E-state index in [1.807, 2.05) is 0 Å². The molecule has 1 heterocycles. The zero-order valence-electron chi connectivity index (χ0n) is 7.50. The summed E-state index contributed by atoms with van der Waals surface area (Å²) in [5, 5.41) is 7.10. The molecule has 1 aromatic rings. The summed E-state index contributed by atoms with van der Waals surface area (Å²) in [5.74, 6) is 0. The second-order valence-electron chi connectivity index (χ2n) is 3.26. The molecule has 1 unspecified atom stereocenters. The molecule has 68 valence electrons. The number of hydrogen-bond donors (Lipinski definition) is 2. The Labute approximate surface area is 83.3 Å². The van der Waals surface area contributed by atoms with Gasteiger partial charge in [0.2, 0.25) is 0 Å². The molecule has 0 saturated carbocycles. The number of rotatable bonds is 1. The third-order valence-electron chi connectivity index (χ3n) is 2.34. The van der Waals surface area contributed by atoms with Gasteiger partial charge in [0.25, 0.3) is 0 Å². The lowest BCUT2D eigenvalue weighted by molar-refractivity contribution is 0.702. The van der Waals surface area contributed by atoms with Crippen molar-refractivity contribution in [3.63, 3.8) is 0 Å². The second kappa shape index (κ2) is 3.34. The summed E-state index contributed by atoms with van der Waals surface area (Å²) in [6.45, 7) is 3.02. The predicted molar refractivity (Wildman–Crippen MR) is 57.7 cm³/mol. The van der Waals surface area contributed by atoms with Crippen LogP contribution in [0.4, 0.5) is 0 Å². The van der Waals surface area contributed by atoms with Crippen LogP contribution in [0.25, 0.3) is 0 Å². The quantitative estimate of drug-likeness (QED) is 0.660. The molecule has 2 nitrogen and oxygen atoms in total. The summed E-state index contributed by atoms with van der Waals surface area (Å²) in [5.41, 5.74) is 2.64. The summed E-state index contributed by atoms with van der Waals surface area (Å²) < 4.78 is 0. The van der Waals surface area contributed by atoms with Crippen LogP contribution in [0.2, 0.25) is 0 Å². The molecule has 2 rings (SSSR count). The third-order valence-corrected chi connectivity index (χ3v) is 2.60. The number of nitrogens with one attached hydrogen (secondary N) is 2. The number of hydrogen-bond acceptors (Lipinski definition) is 1. The van der Waals surface area contributed by atoms with Gasteiger partial charge in [-0.1, -0.05) is 24.3 Å². The molecular formula is C10H12N2S. The van der Waals surface area contributed by atoms with E-state index in [0.717, 1.165) is 11.7 Å². The highest BCUT2D eigenvalue weighted by molar-refractivity contribution is 7.80. The first-order valence-corrected chi connectivity index (χ1v) is 4.78. The summed E-state index contributed by atoms with van der Waals surface area (Å²) >= 11 is 5.02. The van der Waals surface area contributed by atoms with Crippen molar-refractivity contribution in [3.05, 3.63) is 35.4 Å². The first-order chi connectivity index (χ1) is 6.27. The Balaban J connectivity index is 2.26. The molecule has 1 saturated heterocycles. The number of aryl methyl sites for hydroxylation is 1. The van der Waals surface area contributed by atoms with Gasteiger partial charge in [0.05, 0.1) is 6.04 Å². The van der Waals surface area contributed by atoms with Crippen molar-refractivity contribution < 1.29 is 0 Å². The minimum Gasteiger partial charge on any atom is -0.360 e. The maximum Gasteiger partial charge on any atom is 0.166 e. The molecule has 13 heavy (non-hydrogen) atoms. The summed E-state index contributed by atoms with van der Waals surface area (Å²) in [7, 11) is 0. The van der Waals surface area contributed by atoms with Crippen LogP contribution in [0.5, 0.6) is 0 Å². The second-order valence-corrected chi connectivity index (χ2v) is 3.67. The van der Waals surface area contributed by atoms with Gasteiger partial charge < -0.3 is 10.6 Å². The van der Waals surface area contributed by atoms with Gasteiger partial charge in [-0.15, -0.1) is 0 Å². The van der Waals surface area contributed by atoms with Crippen LogP contribution in [-0.2, 0) is 0 Å². The Morgan fingerprint density at radius 2 is 2.15 bits per heavy atom. The van der Waals surface area contributed by atoms with Crippen LogP contribution in [0.15, 0.2) is 24.3 Å². The number of benzene rings is 1. The van der Waals surface area contributed by atoms with E-state index in [-0.39, 0.29) is 0 Å². The molecule has 0 bridgehead atoms. The fourth-order valence-corrected chi connectivity index (χ4v) is 1.85. The SMILES string of the molecule is Cc1ccccc1C1CNC(=S)N1. The van der Waals surface area contributed by atoms with E-state index in [9.17, 15) is 0 Å². The molecule has 0 amide bonds. The highest BCUT2D eigenvalue weighted by Crippen LogP contribution is 2.18. The Morgan fingerprint density at radius 3 is 2.77 bits per heavy atom. The summed E-state index contributed by atoms with van der Waals surface area (Å²) in [6, 6.07) is 8.72. The van der Waals surface area contributed by atoms with Crippen LogP contribution in [0.3, 0.4) is 0 Å². The average molecular weight is 192 g/mol. The molecule has 0 spiro atoms. The van der Waals surface area contributed by atoms with E-state index in [4.69, 9.17) is 12.2 Å². The highest BCUT2D eigenvalue weighted by Gasteiger charge is 2.19. The van der Waals surface area contributed by atoms with Crippen molar-refractivity contribution >= 4 is 17.3 Å². The van der Waals surface area contributed by atoms with Crippen LogP contribution in [0, 0.1) is 6.92 Å². The summed E-state index contributed by atoms with van der Waals surface area (Å²) in [4.78, 5) is 0. The van der Waals surface area contributed by atoms with E-state index in [1.54, 1.807) is 0 Å². The maximum absolute atomic E-state index is 5.02. The number of thiocarbonyl (C=S) groups is 1. The van der Waals surface area contributed by atoms with E-state index in [1.165, 1.54) is 11.1 Å². The largest absolute Gasteiger partial charge is 0.360 e. The molecule has 1 aromatic carbocycles. The van der Waals surface area contributed by atoms with E-state index < -0.39 is 0 Å². The van der Waals surface area contributed by atoms with Gasteiger partial charge in [-0.05, 0) is 30.3 Å². The van der Waals surface area contributed by atoms with Crippen LogP contribution in [-0.4, -0.2) is 11.7 Å². The van der Waals surface area contributed by atoms with Crippen LogP contribution >= 0.6 is 12.2 Å². The Morgan fingerprint density at radius 1 is 1.38 bits per heavy atom. The van der Waals surface area contributed by atoms with Crippen molar-refractivity contribution in [3.8, 4) is 0 Å². The molecular weight excluding hydrogens is 180 g/mol. The molecule has 0 radical (unpaired) electrons. The minimum absolute atomic E-state index is 0.341. The van der Waals surface area contributed by atoms with Gasteiger partial charge in [0.1, 0.15) is 0 Å². The first-order valence-electron chi connectivity index (χ1n) is 4.37. The van der Waals surface area contributed by atoms with E-state index in [0.29, 0.717) is 6.04 Å². The fraction of sp³-hybridized carbons (Fsp3) is 0.300. The molecule has 0 aliphatic carbocycles. The predicted octanol–water partition coefficient (Wildman–Crippen LogP) is 1.51. The smallest absolute Gasteiger partial charge is 0.166 e. The van der Waals surface area contributed by atoms with Gasteiger partial charge in [-0.2, -0.15) is 0 Å². The molecule has 1 aliphatic rings. The van der Waals surface area contributed by atoms with Crippen LogP contribution < -0.4 is 10.6 Å². The average Bonchev–Trinajstić information content (AvgIpc) is 2.53. The lowest BCUT2D eigenvalue weighted by Gasteiger charge is -2.11. The minimum atomic E-state index is 0.341. The summed E-state index contributed by atoms with van der Waals surface area (Å²) in [6.07, 6.45) is 0. The fourth-order valence-electron chi connectivity index (χ4n) is 1.62. The van der Waals surface area contributed by atoms with Crippen molar-refractivity contribution in [2.75, 3.05) is 6.54 Å². The van der Waals surface area contributed by atoms with E-state index >= 15 is 0 Å². The Bertz CT molecular complexity index is 335. The zero-order chi connectivity index (χ0) is 9.26. The van der Waals surface area contributed by atoms with Gasteiger partial charge in [0.15, 0.2) is 5.11 Å². The van der Waals surface area contributed by atoms with Gasteiger partial charge in [-0.3, -0.25) is 0 Å². The van der Waals surface area contributed by atoms with Crippen molar-refractivity contribution in [2.45, 2.75) is 13.0 Å². The first kappa shape index (κ1) is 8.51. The van der Waals surface area contributed by atoms with Crippen molar-refractivity contribution in [1.29, 1.82) is 0 Å². The van der Waals surface area contributed by atoms with Gasteiger partial charge in [0, 0.05) is 6.54 Å². The van der Waals surface area contributed by atoms with E-state index in [2.05, 4.69) is 41.8 Å².